The maximum atomic E-state index is 13.8. The molecule has 0 spiro atoms. The third-order valence-electron chi connectivity index (χ3n) is 6.63. The van der Waals surface area contributed by atoms with Gasteiger partial charge in [-0.05, 0) is 61.1 Å². The number of para-hydroxylation sites is 1. The van der Waals surface area contributed by atoms with Crippen molar-refractivity contribution in [3.05, 3.63) is 106 Å². The Morgan fingerprint density at radius 1 is 0.889 bits per heavy atom. The van der Waals surface area contributed by atoms with E-state index in [0.717, 1.165) is 18.5 Å². The number of aromatic nitrogens is 2. The summed E-state index contributed by atoms with van der Waals surface area (Å²) in [4.78, 5) is 34.1. The largest absolute Gasteiger partial charge is 0.332 e. The first kappa shape index (κ1) is 25.4. The lowest BCUT2D eigenvalue weighted by atomic mass is 10.1. The standard InChI is InChI=1S/C31H35N3O2/c1-5-24-15-17-26(18-16-24)34-30(32-28-14-10-9-13-27(28)31(34)36)23(4)33(29(35)21-22(2)3)20-19-25-11-7-6-8-12-25/h6-18,22-23H,5,19-21H2,1-4H3. The van der Waals surface area contributed by atoms with E-state index in [9.17, 15) is 9.59 Å². The molecule has 0 bridgehead atoms. The van der Waals surface area contributed by atoms with Crippen molar-refractivity contribution in [2.24, 2.45) is 5.92 Å². The number of hydrogen-bond acceptors (Lipinski definition) is 3. The molecule has 0 aliphatic heterocycles. The summed E-state index contributed by atoms with van der Waals surface area (Å²) < 4.78 is 1.69. The molecule has 3 aromatic carbocycles. The Labute approximate surface area is 213 Å². The van der Waals surface area contributed by atoms with Gasteiger partial charge >= 0.3 is 0 Å². The van der Waals surface area contributed by atoms with Gasteiger partial charge in [0.25, 0.3) is 5.56 Å². The molecule has 0 aliphatic rings. The van der Waals surface area contributed by atoms with Gasteiger partial charge in [-0.2, -0.15) is 0 Å². The molecule has 0 fully saturated rings. The molecule has 0 aliphatic carbocycles. The molecule has 1 atom stereocenters. The molecule has 36 heavy (non-hydrogen) atoms. The Kier molecular flexibility index (Phi) is 7.99. The minimum Gasteiger partial charge on any atom is -0.332 e. The highest BCUT2D eigenvalue weighted by atomic mass is 16.2. The van der Waals surface area contributed by atoms with Crippen LogP contribution in [0.15, 0.2) is 83.7 Å². The quantitative estimate of drug-likeness (QED) is 0.289. The van der Waals surface area contributed by atoms with Crippen molar-refractivity contribution in [2.75, 3.05) is 6.54 Å². The van der Waals surface area contributed by atoms with Crippen molar-refractivity contribution < 1.29 is 4.79 Å². The van der Waals surface area contributed by atoms with Crippen molar-refractivity contribution in [3.63, 3.8) is 0 Å². The fourth-order valence-electron chi connectivity index (χ4n) is 4.59. The smallest absolute Gasteiger partial charge is 0.266 e. The number of carbonyl (C=O) groups is 1. The van der Waals surface area contributed by atoms with Gasteiger partial charge in [0, 0.05) is 13.0 Å². The van der Waals surface area contributed by atoms with Crippen LogP contribution in [0.4, 0.5) is 0 Å². The molecule has 1 heterocycles. The number of benzene rings is 3. The van der Waals surface area contributed by atoms with Gasteiger partial charge in [0.2, 0.25) is 5.91 Å². The number of amides is 1. The summed E-state index contributed by atoms with van der Waals surface area (Å²) in [6, 6.07) is 25.2. The highest BCUT2D eigenvalue weighted by molar-refractivity contribution is 5.79. The van der Waals surface area contributed by atoms with Gasteiger partial charge in [0.05, 0.1) is 22.6 Å². The zero-order chi connectivity index (χ0) is 25.7. The second kappa shape index (κ2) is 11.3. The molecule has 0 saturated heterocycles. The van der Waals surface area contributed by atoms with E-state index < -0.39 is 0 Å². The molecular formula is C31H35N3O2. The average Bonchev–Trinajstić information content (AvgIpc) is 2.89. The minimum atomic E-state index is -0.386. The molecule has 1 unspecified atom stereocenters. The minimum absolute atomic E-state index is 0.0729. The zero-order valence-corrected chi connectivity index (χ0v) is 21.6. The van der Waals surface area contributed by atoms with Crippen LogP contribution in [0.3, 0.4) is 0 Å². The van der Waals surface area contributed by atoms with E-state index in [0.29, 0.717) is 29.7 Å². The van der Waals surface area contributed by atoms with Gasteiger partial charge in [0.1, 0.15) is 5.82 Å². The summed E-state index contributed by atoms with van der Waals surface area (Å²) in [6.45, 7) is 8.75. The molecule has 0 radical (unpaired) electrons. The van der Waals surface area contributed by atoms with E-state index in [1.807, 2.05) is 78.6 Å². The first-order chi connectivity index (χ1) is 17.4. The fraction of sp³-hybridized carbons (Fsp3) is 0.323. The maximum Gasteiger partial charge on any atom is 0.266 e. The maximum absolute atomic E-state index is 13.8. The molecule has 4 rings (SSSR count). The van der Waals surface area contributed by atoms with Gasteiger partial charge in [-0.15, -0.1) is 0 Å². The third-order valence-corrected chi connectivity index (χ3v) is 6.63. The summed E-state index contributed by atoms with van der Waals surface area (Å²) in [6.07, 6.45) is 2.10. The van der Waals surface area contributed by atoms with Crippen molar-refractivity contribution in [1.29, 1.82) is 0 Å². The summed E-state index contributed by atoms with van der Waals surface area (Å²) in [5, 5.41) is 0.567. The predicted molar refractivity (Wildman–Crippen MR) is 146 cm³/mol. The van der Waals surface area contributed by atoms with Crippen LogP contribution in [-0.2, 0) is 17.6 Å². The van der Waals surface area contributed by atoms with Crippen LogP contribution in [0.25, 0.3) is 16.6 Å². The Morgan fingerprint density at radius 2 is 1.56 bits per heavy atom. The Bertz CT molecular complexity index is 1370. The number of rotatable bonds is 9. The number of aryl methyl sites for hydroxylation is 1. The van der Waals surface area contributed by atoms with E-state index in [1.54, 1.807) is 4.57 Å². The molecular weight excluding hydrogens is 446 g/mol. The zero-order valence-electron chi connectivity index (χ0n) is 21.6. The van der Waals surface area contributed by atoms with Crippen molar-refractivity contribution in [3.8, 4) is 5.69 Å². The first-order valence-electron chi connectivity index (χ1n) is 12.8. The van der Waals surface area contributed by atoms with Gasteiger partial charge in [-0.1, -0.05) is 75.4 Å². The van der Waals surface area contributed by atoms with E-state index in [-0.39, 0.29) is 23.4 Å². The van der Waals surface area contributed by atoms with Crippen LogP contribution in [-0.4, -0.2) is 26.9 Å². The lowest BCUT2D eigenvalue weighted by Gasteiger charge is -2.31. The third kappa shape index (κ3) is 5.56. The molecule has 1 aromatic heterocycles. The molecule has 4 aromatic rings. The first-order valence-corrected chi connectivity index (χ1v) is 12.8. The lowest BCUT2D eigenvalue weighted by molar-refractivity contribution is -0.134. The summed E-state index contributed by atoms with van der Waals surface area (Å²) in [5.41, 5.74) is 3.66. The normalized spacial score (nSPS) is 12.1. The predicted octanol–water partition coefficient (Wildman–Crippen LogP) is 6.13. The Balaban J connectivity index is 1.82. The summed E-state index contributed by atoms with van der Waals surface area (Å²) in [5.74, 6) is 0.883. The molecule has 5 nitrogen and oxygen atoms in total. The van der Waals surface area contributed by atoms with Crippen molar-refractivity contribution in [1.82, 2.24) is 14.5 Å². The van der Waals surface area contributed by atoms with E-state index in [1.165, 1.54) is 11.1 Å². The Hall–Kier alpha value is -3.73. The van der Waals surface area contributed by atoms with Crippen LogP contribution < -0.4 is 5.56 Å². The van der Waals surface area contributed by atoms with E-state index in [4.69, 9.17) is 4.98 Å². The number of nitrogens with zero attached hydrogens (tertiary/aromatic N) is 3. The number of carbonyl (C=O) groups excluding carboxylic acids is 1. The van der Waals surface area contributed by atoms with Crippen LogP contribution in [0.2, 0.25) is 0 Å². The van der Waals surface area contributed by atoms with Gasteiger partial charge < -0.3 is 4.90 Å². The average molecular weight is 482 g/mol. The highest BCUT2D eigenvalue weighted by Gasteiger charge is 2.27. The SMILES string of the molecule is CCc1ccc(-n2c(C(C)N(CCc3ccccc3)C(=O)CC(C)C)nc3ccccc3c2=O)cc1. The second-order valence-electron chi connectivity index (χ2n) is 9.74. The lowest BCUT2D eigenvalue weighted by Crippen LogP contribution is -2.39. The monoisotopic (exact) mass is 481 g/mol. The van der Waals surface area contributed by atoms with Crippen LogP contribution in [0, 0.1) is 5.92 Å². The summed E-state index contributed by atoms with van der Waals surface area (Å²) in [7, 11) is 0. The summed E-state index contributed by atoms with van der Waals surface area (Å²) >= 11 is 0. The number of fused-ring (bicyclic) bond motifs is 1. The molecule has 1 amide bonds. The van der Waals surface area contributed by atoms with Crippen LogP contribution >= 0.6 is 0 Å². The molecule has 186 valence electrons. The van der Waals surface area contributed by atoms with Crippen LogP contribution in [0.1, 0.15) is 57.1 Å². The van der Waals surface area contributed by atoms with E-state index in [2.05, 4.69) is 32.9 Å². The highest BCUT2D eigenvalue weighted by Crippen LogP contribution is 2.25. The van der Waals surface area contributed by atoms with Gasteiger partial charge in [0.15, 0.2) is 0 Å². The molecule has 0 saturated carbocycles. The fourth-order valence-corrected chi connectivity index (χ4v) is 4.59. The molecule has 0 N–H and O–H groups in total. The second-order valence-corrected chi connectivity index (χ2v) is 9.74. The van der Waals surface area contributed by atoms with Crippen molar-refractivity contribution >= 4 is 16.8 Å². The number of hydrogen-bond donors (Lipinski definition) is 0. The van der Waals surface area contributed by atoms with Crippen molar-refractivity contribution in [2.45, 2.75) is 53.0 Å². The van der Waals surface area contributed by atoms with E-state index >= 15 is 0 Å². The van der Waals surface area contributed by atoms with Crippen LogP contribution in [0.5, 0.6) is 0 Å². The van der Waals surface area contributed by atoms with Gasteiger partial charge in [-0.3, -0.25) is 14.2 Å². The Morgan fingerprint density at radius 3 is 2.22 bits per heavy atom. The topological polar surface area (TPSA) is 55.2 Å². The van der Waals surface area contributed by atoms with Gasteiger partial charge in [-0.25, -0.2) is 4.98 Å². The molecule has 5 heteroatoms.